The molecule has 35 heavy (non-hydrogen) atoms. The molecule has 0 saturated carbocycles. The molecule has 0 atom stereocenters. The van der Waals surface area contributed by atoms with E-state index >= 15 is 0 Å². The Kier molecular flexibility index (Phi) is 5.94. The molecular formula is C27H24FN3O4. The van der Waals surface area contributed by atoms with Crippen LogP contribution in [0.5, 0.6) is 17.2 Å². The lowest BCUT2D eigenvalue weighted by molar-refractivity contribution is 0.0730. The Morgan fingerprint density at radius 3 is 2.34 bits per heavy atom. The smallest absolute Gasteiger partial charge is 0.273 e. The van der Waals surface area contributed by atoms with Gasteiger partial charge in [0.25, 0.3) is 5.91 Å². The summed E-state index contributed by atoms with van der Waals surface area (Å²) in [4.78, 5) is 24.9. The van der Waals surface area contributed by atoms with Gasteiger partial charge in [-0.25, -0.2) is 14.4 Å². The van der Waals surface area contributed by atoms with Crippen molar-refractivity contribution in [2.24, 2.45) is 0 Å². The number of rotatable bonds is 5. The summed E-state index contributed by atoms with van der Waals surface area (Å²) in [5.74, 6) is 1.54. The fraction of sp³-hybridized carbons (Fsp3) is 0.222. The Morgan fingerprint density at radius 2 is 1.63 bits per heavy atom. The van der Waals surface area contributed by atoms with Crippen molar-refractivity contribution in [2.45, 2.75) is 13.0 Å². The zero-order chi connectivity index (χ0) is 24.5. The fourth-order valence-corrected chi connectivity index (χ4v) is 4.44. The van der Waals surface area contributed by atoms with E-state index in [0.29, 0.717) is 53.3 Å². The van der Waals surface area contributed by atoms with Crippen LogP contribution in [0, 0.1) is 5.82 Å². The van der Waals surface area contributed by atoms with Crippen LogP contribution in [0.15, 0.2) is 54.6 Å². The van der Waals surface area contributed by atoms with Crippen molar-refractivity contribution < 1.29 is 23.4 Å². The quantitative estimate of drug-likeness (QED) is 0.420. The van der Waals surface area contributed by atoms with E-state index in [0.717, 1.165) is 16.9 Å². The number of hydrogen-bond donors (Lipinski definition) is 0. The minimum atomic E-state index is -0.361. The third kappa shape index (κ3) is 4.12. The highest BCUT2D eigenvalue weighted by Crippen LogP contribution is 2.35. The molecule has 0 spiro atoms. The number of carbonyl (C=O) groups is 1. The van der Waals surface area contributed by atoms with Gasteiger partial charge in [-0.15, -0.1) is 0 Å². The van der Waals surface area contributed by atoms with Crippen molar-refractivity contribution >= 4 is 16.8 Å². The van der Waals surface area contributed by atoms with Crippen LogP contribution in [-0.2, 0) is 13.0 Å². The van der Waals surface area contributed by atoms with E-state index in [4.69, 9.17) is 14.2 Å². The van der Waals surface area contributed by atoms with Crippen molar-refractivity contribution in [1.82, 2.24) is 14.9 Å². The Balaban J connectivity index is 1.63. The average molecular weight is 474 g/mol. The number of amides is 1. The van der Waals surface area contributed by atoms with Gasteiger partial charge >= 0.3 is 0 Å². The number of halogens is 1. The molecule has 5 rings (SSSR count). The molecule has 1 aliphatic heterocycles. The lowest BCUT2D eigenvalue weighted by Gasteiger charge is -2.30. The molecule has 1 aliphatic rings. The van der Waals surface area contributed by atoms with Gasteiger partial charge in [-0.1, -0.05) is 12.1 Å². The first-order valence-electron chi connectivity index (χ1n) is 11.2. The molecule has 0 fully saturated rings. The Labute approximate surface area is 202 Å². The maximum absolute atomic E-state index is 13.8. The molecule has 178 valence electrons. The molecule has 3 aromatic carbocycles. The van der Waals surface area contributed by atoms with Gasteiger partial charge in [0.05, 0.1) is 26.8 Å². The highest BCUT2D eigenvalue weighted by Gasteiger charge is 2.27. The summed E-state index contributed by atoms with van der Waals surface area (Å²) in [6.45, 7) is 0.965. The first-order chi connectivity index (χ1) is 17.0. The van der Waals surface area contributed by atoms with Gasteiger partial charge in [0.15, 0.2) is 17.3 Å². The monoisotopic (exact) mass is 473 g/mol. The molecule has 1 amide bonds. The molecule has 0 saturated heterocycles. The lowest BCUT2D eigenvalue weighted by Crippen LogP contribution is -2.36. The number of ether oxygens (including phenoxy) is 3. The molecule has 0 radical (unpaired) electrons. The van der Waals surface area contributed by atoms with Gasteiger partial charge < -0.3 is 19.1 Å². The van der Waals surface area contributed by atoms with Gasteiger partial charge in [0.2, 0.25) is 0 Å². The van der Waals surface area contributed by atoms with Crippen LogP contribution in [0.2, 0.25) is 0 Å². The zero-order valence-corrected chi connectivity index (χ0v) is 19.7. The molecule has 0 N–H and O–H groups in total. The minimum absolute atomic E-state index is 0.221. The van der Waals surface area contributed by atoms with Gasteiger partial charge in [0, 0.05) is 35.7 Å². The Hall–Kier alpha value is -4.20. The molecular weight excluding hydrogens is 449 g/mol. The Morgan fingerprint density at radius 1 is 0.914 bits per heavy atom. The third-order valence-corrected chi connectivity index (χ3v) is 6.24. The lowest BCUT2D eigenvalue weighted by atomic mass is 9.98. The largest absolute Gasteiger partial charge is 0.496 e. The highest BCUT2D eigenvalue weighted by atomic mass is 19.1. The molecule has 0 aliphatic carbocycles. The minimum Gasteiger partial charge on any atom is -0.496 e. The van der Waals surface area contributed by atoms with Gasteiger partial charge in [-0.05, 0) is 48.4 Å². The van der Waals surface area contributed by atoms with Crippen LogP contribution in [0.25, 0.3) is 22.3 Å². The molecule has 0 bridgehead atoms. The first-order valence-corrected chi connectivity index (χ1v) is 11.2. The molecule has 8 heteroatoms. The average Bonchev–Trinajstić information content (AvgIpc) is 2.90. The normalized spacial score (nSPS) is 12.9. The van der Waals surface area contributed by atoms with Crippen LogP contribution in [0.3, 0.4) is 0 Å². The number of hydrogen-bond acceptors (Lipinski definition) is 6. The third-order valence-electron chi connectivity index (χ3n) is 6.24. The summed E-state index contributed by atoms with van der Waals surface area (Å²) in [7, 11) is 4.73. The van der Waals surface area contributed by atoms with Crippen LogP contribution >= 0.6 is 0 Å². The summed E-state index contributed by atoms with van der Waals surface area (Å²) >= 11 is 0. The number of aromatic nitrogens is 2. The van der Waals surface area contributed by atoms with Gasteiger partial charge in [-0.2, -0.15) is 0 Å². The predicted octanol–water partition coefficient (Wildman–Crippen LogP) is 4.66. The molecule has 1 aromatic heterocycles. The number of fused-ring (bicyclic) bond motifs is 2. The van der Waals surface area contributed by atoms with E-state index in [1.54, 1.807) is 36.3 Å². The summed E-state index contributed by atoms with van der Waals surface area (Å²) in [5.41, 5.74) is 3.54. The Bertz CT molecular complexity index is 1420. The summed E-state index contributed by atoms with van der Waals surface area (Å²) < 4.78 is 29.9. The topological polar surface area (TPSA) is 73.8 Å². The predicted molar refractivity (Wildman–Crippen MR) is 129 cm³/mol. The SMILES string of the molecule is COc1cc2nc(-c3ccc(F)cc3)nc(C(=O)N3CCc4c(cccc4OC)C3)c2cc1OC. The van der Waals surface area contributed by atoms with Crippen LogP contribution in [0.4, 0.5) is 4.39 Å². The molecule has 2 heterocycles. The second-order valence-electron chi connectivity index (χ2n) is 8.20. The maximum Gasteiger partial charge on any atom is 0.273 e. The van der Waals surface area contributed by atoms with Crippen molar-refractivity contribution in [2.75, 3.05) is 27.9 Å². The van der Waals surface area contributed by atoms with E-state index in [-0.39, 0.29) is 17.4 Å². The summed E-state index contributed by atoms with van der Waals surface area (Å²) in [6, 6.07) is 15.2. The van der Waals surface area contributed by atoms with Crippen molar-refractivity contribution in [3.8, 4) is 28.6 Å². The van der Waals surface area contributed by atoms with E-state index in [1.165, 1.54) is 26.4 Å². The molecule has 0 unspecified atom stereocenters. The van der Waals surface area contributed by atoms with Crippen molar-refractivity contribution in [1.29, 1.82) is 0 Å². The molecule has 7 nitrogen and oxygen atoms in total. The number of carbonyl (C=O) groups excluding carboxylic acids is 1. The van der Waals surface area contributed by atoms with E-state index in [9.17, 15) is 9.18 Å². The zero-order valence-electron chi connectivity index (χ0n) is 19.7. The number of nitrogens with zero attached hydrogens (tertiary/aromatic N) is 3. The van der Waals surface area contributed by atoms with E-state index in [1.807, 2.05) is 18.2 Å². The first kappa shape index (κ1) is 22.6. The highest BCUT2D eigenvalue weighted by molar-refractivity contribution is 6.05. The standard InChI is InChI=1S/C27H24FN3O4/c1-33-22-6-4-5-17-15-31(12-11-19(17)22)27(32)25-20-13-23(34-2)24(35-3)14-21(20)29-26(30-25)16-7-9-18(28)10-8-16/h4-10,13-14H,11-12,15H2,1-3H3. The maximum atomic E-state index is 13.8. The van der Waals surface area contributed by atoms with Crippen LogP contribution < -0.4 is 14.2 Å². The van der Waals surface area contributed by atoms with Gasteiger partial charge in [0.1, 0.15) is 17.3 Å². The second kappa shape index (κ2) is 9.21. The summed E-state index contributed by atoms with van der Waals surface area (Å²) in [6.07, 6.45) is 0.677. The van der Waals surface area contributed by atoms with Crippen molar-refractivity contribution in [3.63, 3.8) is 0 Å². The number of methoxy groups -OCH3 is 3. The fourth-order valence-electron chi connectivity index (χ4n) is 4.44. The summed E-state index contributed by atoms with van der Waals surface area (Å²) in [5, 5.41) is 0.551. The van der Waals surface area contributed by atoms with E-state index < -0.39 is 0 Å². The van der Waals surface area contributed by atoms with Crippen LogP contribution in [-0.4, -0.2) is 48.6 Å². The van der Waals surface area contributed by atoms with E-state index in [2.05, 4.69) is 9.97 Å². The second-order valence-corrected chi connectivity index (χ2v) is 8.20. The van der Waals surface area contributed by atoms with Gasteiger partial charge in [-0.3, -0.25) is 4.79 Å². The molecule has 4 aromatic rings. The number of benzene rings is 3. The van der Waals surface area contributed by atoms with Crippen molar-refractivity contribution in [3.05, 3.63) is 77.2 Å². The van der Waals surface area contributed by atoms with Crippen LogP contribution in [0.1, 0.15) is 21.6 Å².